The van der Waals surface area contributed by atoms with Gasteiger partial charge in [0.2, 0.25) is 0 Å². The minimum Gasteiger partial charge on any atom is -0.451 e. The minimum atomic E-state index is -0.421. The molecule has 2 N–H and O–H groups in total. The average molecular weight is 249 g/mol. The van der Waals surface area contributed by atoms with Crippen molar-refractivity contribution in [2.75, 3.05) is 0 Å². The van der Waals surface area contributed by atoms with Gasteiger partial charge in [0.25, 0.3) is 0 Å². The van der Waals surface area contributed by atoms with E-state index in [1.165, 1.54) is 6.07 Å². The lowest BCUT2D eigenvalue weighted by molar-refractivity contribution is 0.434. The fourth-order valence-electron chi connectivity index (χ4n) is 1.60. The van der Waals surface area contributed by atoms with E-state index in [1.807, 2.05) is 13.8 Å². The third-order valence-electron chi connectivity index (χ3n) is 2.60. The summed E-state index contributed by atoms with van der Waals surface area (Å²) >= 11 is 0. The molecule has 0 fully saturated rings. The number of ether oxygens (including phenoxy) is 1. The van der Waals surface area contributed by atoms with Gasteiger partial charge in [-0.3, -0.25) is 4.68 Å². The van der Waals surface area contributed by atoms with Gasteiger partial charge in [-0.05, 0) is 19.9 Å². The molecule has 1 aromatic carbocycles. The van der Waals surface area contributed by atoms with Crippen LogP contribution in [0.3, 0.4) is 0 Å². The maximum Gasteiger partial charge on any atom is 0.167 e. The smallest absolute Gasteiger partial charge is 0.167 e. The second-order valence-electron chi connectivity index (χ2n) is 4.28. The van der Waals surface area contributed by atoms with Crippen LogP contribution < -0.4 is 10.5 Å². The molecule has 0 saturated heterocycles. The Morgan fingerprint density at radius 1 is 1.44 bits per heavy atom. The maximum atomic E-state index is 13.7. The van der Waals surface area contributed by atoms with Crippen LogP contribution in [-0.2, 0) is 6.54 Å². The Morgan fingerprint density at radius 3 is 2.83 bits per heavy atom. The van der Waals surface area contributed by atoms with Crippen LogP contribution in [0.1, 0.15) is 25.5 Å². The number of benzene rings is 1. The highest BCUT2D eigenvalue weighted by atomic mass is 19.1. The van der Waals surface area contributed by atoms with Gasteiger partial charge >= 0.3 is 0 Å². The van der Waals surface area contributed by atoms with Crippen LogP contribution in [0.2, 0.25) is 0 Å². The zero-order chi connectivity index (χ0) is 13.1. The number of halogens is 1. The van der Waals surface area contributed by atoms with Crippen LogP contribution in [0.5, 0.6) is 11.5 Å². The summed E-state index contributed by atoms with van der Waals surface area (Å²) in [7, 11) is 0. The third kappa shape index (κ3) is 2.51. The van der Waals surface area contributed by atoms with Crippen molar-refractivity contribution in [3.63, 3.8) is 0 Å². The Hall–Kier alpha value is -1.88. The van der Waals surface area contributed by atoms with Crippen LogP contribution in [0.15, 0.2) is 30.6 Å². The summed E-state index contributed by atoms with van der Waals surface area (Å²) in [5.41, 5.74) is 6.19. The summed E-state index contributed by atoms with van der Waals surface area (Å²) in [6, 6.07) is 4.94. The highest BCUT2D eigenvalue weighted by molar-refractivity contribution is 5.38. The van der Waals surface area contributed by atoms with Crippen molar-refractivity contribution in [3.8, 4) is 11.5 Å². The quantitative estimate of drug-likeness (QED) is 0.906. The second-order valence-corrected chi connectivity index (χ2v) is 4.28. The number of hydrogen-bond donors (Lipinski definition) is 1. The normalized spacial score (nSPS) is 10.9. The lowest BCUT2D eigenvalue weighted by atomic mass is 10.2. The van der Waals surface area contributed by atoms with Crippen LogP contribution in [0.4, 0.5) is 4.39 Å². The molecule has 2 rings (SSSR count). The SMILES string of the molecule is CC(C)n1cc(Oc2c(F)cccc2CN)cn1. The van der Waals surface area contributed by atoms with Crippen molar-refractivity contribution < 1.29 is 9.13 Å². The molecule has 0 amide bonds. The summed E-state index contributed by atoms with van der Waals surface area (Å²) < 4.78 is 21.0. The highest BCUT2D eigenvalue weighted by Gasteiger charge is 2.11. The van der Waals surface area contributed by atoms with E-state index in [-0.39, 0.29) is 18.3 Å². The van der Waals surface area contributed by atoms with Crippen molar-refractivity contribution in [2.24, 2.45) is 5.73 Å². The molecule has 0 atom stereocenters. The fourth-order valence-corrected chi connectivity index (χ4v) is 1.60. The number of nitrogens with two attached hydrogens (primary N) is 1. The summed E-state index contributed by atoms with van der Waals surface area (Å²) in [5, 5.41) is 4.13. The molecular weight excluding hydrogens is 233 g/mol. The molecular formula is C13H16FN3O. The van der Waals surface area contributed by atoms with Gasteiger partial charge in [-0.1, -0.05) is 12.1 Å². The lowest BCUT2D eigenvalue weighted by Gasteiger charge is -2.09. The van der Waals surface area contributed by atoms with Crippen molar-refractivity contribution in [3.05, 3.63) is 42.0 Å². The predicted molar refractivity (Wildman–Crippen MR) is 67.0 cm³/mol. The molecule has 0 bridgehead atoms. The zero-order valence-electron chi connectivity index (χ0n) is 10.4. The lowest BCUT2D eigenvalue weighted by Crippen LogP contribution is -2.01. The van der Waals surface area contributed by atoms with Crippen molar-refractivity contribution in [1.82, 2.24) is 9.78 Å². The minimum absolute atomic E-state index is 0.170. The first-order valence-corrected chi connectivity index (χ1v) is 5.81. The van der Waals surface area contributed by atoms with Gasteiger partial charge in [0.05, 0.1) is 12.4 Å². The first-order valence-electron chi connectivity index (χ1n) is 5.81. The standard InChI is InChI=1S/C13H16FN3O/c1-9(2)17-8-11(7-16-17)18-13-10(6-15)4-3-5-12(13)14/h3-5,7-9H,6,15H2,1-2H3. The van der Waals surface area contributed by atoms with E-state index in [0.717, 1.165) is 0 Å². The molecule has 5 heteroatoms. The fraction of sp³-hybridized carbons (Fsp3) is 0.308. The van der Waals surface area contributed by atoms with Gasteiger partial charge in [0.1, 0.15) is 0 Å². The monoisotopic (exact) mass is 249 g/mol. The molecule has 4 nitrogen and oxygen atoms in total. The number of nitrogens with zero attached hydrogens (tertiary/aromatic N) is 2. The first kappa shape index (κ1) is 12.6. The summed E-state index contributed by atoms with van der Waals surface area (Å²) in [6.45, 7) is 4.24. The molecule has 18 heavy (non-hydrogen) atoms. The maximum absolute atomic E-state index is 13.7. The van der Waals surface area contributed by atoms with Crippen LogP contribution >= 0.6 is 0 Å². The van der Waals surface area contributed by atoms with E-state index < -0.39 is 5.82 Å². The molecule has 0 unspecified atom stereocenters. The van der Waals surface area contributed by atoms with E-state index >= 15 is 0 Å². The van der Waals surface area contributed by atoms with Crippen LogP contribution in [0, 0.1) is 5.82 Å². The van der Waals surface area contributed by atoms with Crippen LogP contribution in [-0.4, -0.2) is 9.78 Å². The molecule has 0 spiro atoms. The molecule has 0 aliphatic heterocycles. The van der Waals surface area contributed by atoms with Gasteiger partial charge < -0.3 is 10.5 Å². The largest absolute Gasteiger partial charge is 0.451 e. The average Bonchev–Trinajstić information content (AvgIpc) is 2.80. The number of aromatic nitrogens is 2. The highest BCUT2D eigenvalue weighted by Crippen LogP contribution is 2.28. The van der Waals surface area contributed by atoms with Crippen molar-refractivity contribution >= 4 is 0 Å². The van der Waals surface area contributed by atoms with Gasteiger partial charge in [0, 0.05) is 18.2 Å². The summed E-state index contributed by atoms with van der Waals surface area (Å²) in [6.07, 6.45) is 3.30. The Bertz CT molecular complexity index is 537. The summed E-state index contributed by atoms with van der Waals surface area (Å²) in [4.78, 5) is 0. The van der Waals surface area contributed by atoms with E-state index in [0.29, 0.717) is 11.3 Å². The number of para-hydroxylation sites is 1. The number of hydrogen-bond acceptors (Lipinski definition) is 3. The molecule has 96 valence electrons. The molecule has 0 aliphatic rings. The van der Waals surface area contributed by atoms with E-state index in [4.69, 9.17) is 10.5 Å². The van der Waals surface area contributed by atoms with E-state index in [2.05, 4.69) is 5.10 Å². The van der Waals surface area contributed by atoms with Crippen molar-refractivity contribution in [2.45, 2.75) is 26.4 Å². The zero-order valence-corrected chi connectivity index (χ0v) is 10.4. The van der Waals surface area contributed by atoms with Gasteiger partial charge in [-0.15, -0.1) is 0 Å². The van der Waals surface area contributed by atoms with Crippen molar-refractivity contribution in [1.29, 1.82) is 0 Å². The molecule has 0 saturated carbocycles. The van der Waals surface area contributed by atoms with E-state index in [9.17, 15) is 4.39 Å². The Kier molecular flexibility index (Phi) is 3.62. The predicted octanol–water partition coefficient (Wildman–Crippen LogP) is 2.85. The molecule has 1 aromatic heterocycles. The van der Waals surface area contributed by atoms with Crippen LogP contribution in [0.25, 0.3) is 0 Å². The Balaban J connectivity index is 2.27. The first-order chi connectivity index (χ1) is 8.61. The molecule has 1 heterocycles. The Morgan fingerprint density at radius 2 is 2.22 bits per heavy atom. The van der Waals surface area contributed by atoms with Gasteiger partial charge in [-0.2, -0.15) is 5.10 Å². The third-order valence-corrected chi connectivity index (χ3v) is 2.60. The number of rotatable bonds is 4. The van der Waals surface area contributed by atoms with Gasteiger partial charge in [0.15, 0.2) is 17.3 Å². The topological polar surface area (TPSA) is 53.1 Å². The Labute approximate surface area is 105 Å². The van der Waals surface area contributed by atoms with E-state index in [1.54, 1.807) is 29.2 Å². The molecule has 0 aliphatic carbocycles. The van der Waals surface area contributed by atoms with Gasteiger partial charge in [-0.25, -0.2) is 4.39 Å². The molecule has 2 aromatic rings. The second kappa shape index (κ2) is 5.18. The summed E-state index contributed by atoms with van der Waals surface area (Å²) in [5.74, 6) is 0.252. The molecule has 0 radical (unpaired) electrons.